The lowest BCUT2D eigenvalue weighted by Crippen LogP contribution is -2.49. The van der Waals surface area contributed by atoms with Crippen molar-refractivity contribution in [2.75, 3.05) is 26.7 Å². The summed E-state index contributed by atoms with van der Waals surface area (Å²) in [6, 6.07) is 4.50. The molecule has 3 rings (SSSR count). The molecular formula is C14H16Cl2N4O2S. The Balaban J connectivity index is 1.93. The molecule has 0 bridgehead atoms. The molecule has 1 atom stereocenters. The number of aromatic amines is 1. The van der Waals surface area contributed by atoms with Gasteiger partial charge >= 0.3 is 0 Å². The van der Waals surface area contributed by atoms with Gasteiger partial charge in [0.05, 0.1) is 16.1 Å². The third-order valence-corrected chi connectivity index (χ3v) is 6.82. The van der Waals surface area contributed by atoms with Crippen LogP contribution in [-0.2, 0) is 10.0 Å². The molecule has 6 nitrogen and oxygen atoms in total. The van der Waals surface area contributed by atoms with Gasteiger partial charge in [0, 0.05) is 32.0 Å². The molecular weight excluding hydrogens is 359 g/mol. The molecule has 124 valence electrons. The van der Waals surface area contributed by atoms with Crippen LogP contribution in [0.4, 0.5) is 0 Å². The molecule has 23 heavy (non-hydrogen) atoms. The minimum Gasteiger partial charge on any atom is -0.347 e. The molecule has 0 aliphatic carbocycles. The number of sulfonamides is 1. The maximum absolute atomic E-state index is 12.9. The Hall–Kier alpha value is -1.12. The predicted octanol–water partition coefficient (Wildman–Crippen LogP) is 2.39. The molecule has 0 radical (unpaired) electrons. The topological polar surface area (TPSA) is 69.3 Å². The summed E-state index contributed by atoms with van der Waals surface area (Å²) >= 11 is 12.0. The number of nitrogens with zero attached hydrogens (tertiary/aromatic N) is 3. The number of hydrogen-bond acceptors (Lipinski definition) is 4. The number of likely N-dealkylation sites (N-methyl/N-ethyl adjacent to an activating group) is 1. The zero-order chi connectivity index (χ0) is 16.6. The fraction of sp³-hybridized carbons (Fsp3) is 0.357. The Morgan fingerprint density at radius 1 is 1.30 bits per heavy atom. The van der Waals surface area contributed by atoms with Crippen LogP contribution < -0.4 is 0 Å². The maximum Gasteiger partial charge on any atom is 0.244 e. The van der Waals surface area contributed by atoms with Crippen LogP contribution in [0.25, 0.3) is 0 Å². The highest BCUT2D eigenvalue weighted by molar-refractivity contribution is 7.89. The van der Waals surface area contributed by atoms with Crippen LogP contribution >= 0.6 is 23.2 Å². The van der Waals surface area contributed by atoms with Crippen LogP contribution in [0.15, 0.2) is 35.5 Å². The van der Waals surface area contributed by atoms with E-state index in [4.69, 9.17) is 23.2 Å². The Kier molecular flexibility index (Phi) is 4.66. The molecule has 1 fully saturated rings. The van der Waals surface area contributed by atoms with Crippen LogP contribution in [0.5, 0.6) is 0 Å². The highest BCUT2D eigenvalue weighted by atomic mass is 35.5. The summed E-state index contributed by atoms with van der Waals surface area (Å²) in [6.45, 7) is 1.29. The zero-order valence-corrected chi connectivity index (χ0v) is 14.7. The number of imidazole rings is 1. The van der Waals surface area contributed by atoms with Crippen molar-refractivity contribution in [3.05, 3.63) is 46.5 Å². The van der Waals surface area contributed by atoms with Crippen LogP contribution in [0, 0.1) is 0 Å². The quantitative estimate of drug-likeness (QED) is 0.895. The summed E-state index contributed by atoms with van der Waals surface area (Å²) in [6.07, 6.45) is 3.38. The van der Waals surface area contributed by atoms with Crippen molar-refractivity contribution >= 4 is 33.2 Å². The van der Waals surface area contributed by atoms with Gasteiger partial charge in [0.25, 0.3) is 0 Å². The minimum atomic E-state index is -3.71. The van der Waals surface area contributed by atoms with E-state index in [-0.39, 0.29) is 21.0 Å². The zero-order valence-electron chi connectivity index (χ0n) is 12.4. The lowest BCUT2D eigenvalue weighted by Gasteiger charge is -2.37. The Bertz CT molecular complexity index is 795. The van der Waals surface area contributed by atoms with Gasteiger partial charge in [-0.25, -0.2) is 13.4 Å². The van der Waals surface area contributed by atoms with Gasteiger partial charge < -0.3 is 4.98 Å². The second-order valence-corrected chi connectivity index (χ2v) is 8.08. The van der Waals surface area contributed by atoms with E-state index in [2.05, 4.69) is 14.9 Å². The number of piperazine rings is 1. The maximum atomic E-state index is 12.9. The number of benzene rings is 1. The average Bonchev–Trinajstić information content (AvgIpc) is 3.04. The smallest absolute Gasteiger partial charge is 0.244 e. The van der Waals surface area contributed by atoms with Crippen molar-refractivity contribution in [3.8, 4) is 0 Å². The van der Waals surface area contributed by atoms with E-state index in [0.717, 1.165) is 5.82 Å². The molecule has 9 heteroatoms. The number of aromatic nitrogens is 2. The van der Waals surface area contributed by atoms with Gasteiger partial charge in [-0.1, -0.05) is 29.3 Å². The SMILES string of the molecule is CN1CCN(S(=O)(=O)c2cccc(Cl)c2Cl)C[C@@H]1c1ncc[nH]1. The first-order chi connectivity index (χ1) is 10.9. The largest absolute Gasteiger partial charge is 0.347 e. The van der Waals surface area contributed by atoms with E-state index in [9.17, 15) is 8.42 Å². The van der Waals surface area contributed by atoms with Gasteiger partial charge in [0.15, 0.2) is 0 Å². The van der Waals surface area contributed by atoms with Crippen molar-refractivity contribution in [3.63, 3.8) is 0 Å². The average molecular weight is 375 g/mol. The number of hydrogen-bond donors (Lipinski definition) is 1. The molecule has 0 unspecified atom stereocenters. The van der Waals surface area contributed by atoms with E-state index >= 15 is 0 Å². The Morgan fingerprint density at radius 2 is 2.09 bits per heavy atom. The van der Waals surface area contributed by atoms with Gasteiger partial charge in [-0.05, 0) is 19.2 Å². The summed E-state index contributed by atoms with van der Waals surface area (Å²) < 4.78 is 27.3. The normalized spacial score (nSPS) is 20.7. The molecule has 0 amide bonds. The molecule has 0 spiro atoms. The number of H-pyrrole nitrogens is 1. The molecule has 1 aliphatic heterocycles. The van der Waals surface area contributed by atoms with E-state index < -0.39 is 10.0 Å². The first-order valence-corrected chi connectivity index (χ1v) is 9.24. The van der Waals surface area contributed by atoms with Crippen molar-refractivity contribution < 1.29 is 8.42 Å². The summed E-state index contributed by atoms with van der Waals surface area (Å²) in [4.78, 5) is 9.40. The molecule has 1 aliphatic rings. The van der Waals surface area contributed by atoms with Crippen LogP contribution in [-0.4, -0.2) is 54.3 Å². The van der Waals surface area contributed by atoms with E-state index in [1.54, 1.807) is 24.5 Å². The summed E-state index contributed by atoms with van der Waals surface area (Å²) in [5.41, 5.74) is 0. The van der Waals surface area contributed by atoms with Crippen molar-refractivity contribution in [2.24, 2.45) is 0 Å². The lowest BCUT2D eigenvalue weighted by molar-refractivity contribution is 0.142. The summed E-state index contributed by atoms with van der Waals surface area (Å²) in [5.74, 6) is 0.740. The van der Waals surface area contributed by atoms with E-state index in [1.165, 1.54) is 10.4 Å². The minimum absolute atomic E-state index is 0.0365. The van der Waals surface area contributed by atoms with Crippen LogP contribution in [0.1, 0.15) is 11.9 Å². The molecule has 1 aromatic carbocycles. The van der Waals surface area contributed by atoms with Gasteiger partial charge in [0.1, 0.15) is 10.7 Å². The lowest BCUT2D eigenvalue weighted by atomic mass is 10.2. The van der Waals surface area contributed by atoms with Gasteiger partial charge in [0.2, 0.25) is 10.0 Å². The summed E-state index contributed by atoms with van der Waals surface area (Å²) in [7, 11) is -1.77. The van der Waals surface area contributed by atoms with Crippen molar-refractivity contribution in [1.29, 1.82) is 0 Å². The molecule has 2 aromatic rings. The standard InChI is InChI=1S/C14H16Cl2N4O2S/c1-19-7-8-20(9-11(19)14-17-5-6-18-14)23(21,22)12-4-2-3-10(15)13(12)16/h2-6,11H,7-9H2,1H3,(H,17,18)/t11-/m1/s1. The second-order valence-electron chi connectivity index (χ2n) is 5.39. The van der Waals surface area contributed by atoms with E-state index in [1.807, 2.05) is 7.05 Å². The monoisotopic (exact) mass is 374 g/mol. The van der Waals surface area contributed by atoms with Gasteiger partial charge in [-0.3, -0.25) is 4.90 Å². The molecule has 1 saturated heterocycles. The Labute approximate surface area is 145 Å². The highest BCUT2D eigenvalue weighted by Gasteiger charge is 2.35. The van der Waals surface area contributed by atoms with Crippen LogP contribution in [0.2, 0.25) is 10.0 Å². The molecule has 2 heterocycles. The van der Waals surface area contributed by atoms with E-state index in [0.29, 0.717) is 19.6 Å². The third-order valence-electron chi connectivity index (χ3n) is 3.98. The first kappa shape index (κ1) is 16.7. The number of rotatable bonds is 3. The van der Waals surface area contributed by atoms with Gasteiger partial charge in [-0.15, -0.1) is 0 Å². The highest BCUT2D eigenvalue weighted by Crippen LogP contribution is 2.33. The van der Waals surface area contributed by atoms with Crippen LogP contribution in [0.3, 0.4) is 0 Å². The third kappa shape index (κ3) is 3.12. The van der Waals surface area contributed by atoms with Crippen molar-refractivity contribution in [1.82, 2.24) is 19.2 Å². The molecule has 1 N–H and O–H groups in total. The predicted molar refractivity (Wildman–Crippen MR) is 89.2 cm³/mol. The first-order valence-electron chi connectivity index (χ1n) is 7.05. The fourth-order valence-electron chi connectivity index (χ4n) is 2.64. The number of nitrogens with one attached hydrogen (secondary N) is 1. The Morgan fingerprint density at radius 3 is 2.78 bits per heavy atom. The van der Waals surface area contributed by atoms with Crippen molar-refractivity contribution in [2.45, 2.75) is 10.9 Å². The summed E-state index contributed by atoms with van der Waals surface area (Å²) in [5, 5.41) is 0.284. The second kappa shape index (κ2) is 6.41. The molecule has 1 aromatic heterocycles. The van der Waals surface area contributed by atoms with Gasteiger partial charge in [-0.2, -0.15) is 4.31 Å². The number of halogens is 2. The fourth-order valence-corrected chi connectivity index (χ4v) is 4.82. The molecule has 0 saturated carbocycles.